The molecule has 13 heteroatoms. The third-order valence-corrected chi connectivity index (χ3v) is 10.9. The molecule has 2 heterocycles. The minimum absolute atomic E-state index is 0.0285. The number of aromatic carboxylic acids is 1. The quantitative estimate of drug-likeness (QED) is 0.259. The number of amides is 4. The van der Waals surface area contributed by atoms with Crippen molar-refractivity contribution in [3.05, 3.63) is 88.2 Å². The largest absolute Gasteiger partial charge is 0.508 e. The lowest BCUT2D eigenvalue weighted by atomic mass is 9.51. The van der Waals surface area contributed by atoms with Crippen LogP contribution in [0.25, 0.3) is 0 Å². The second-order valence-corrected chi connectivity index (χ2v) is 13.3. The number of halogens is 2. The number of benzene rings is 3. The Kier molecular flexibility index (Phi) is 7.55. The average molecular weight is 689 g/mol. The summed E-state index contributed by atoms with van der Waals surface area (Å²) in [5.74, 6) is -8.37. The summed E-state index contributed by atoms with van der Waals surface area (Å²) in [6.07, 6.45) is 2.00. The molecule has 2 N–H and O–H groups in total. The lowest BCUT2D eigenvalue weighted by Crippen LogP contribution is -2.49. The van der Waals surface area contributed by atoms with Gasteiger partial charge in [-0.25, -0.2) is 14.1 Å². The molecule has 4 amide bonds. The fraction of sp³-hybridized carbons (Fsp3) is 0.306. The summed E-state index contributed by atoms with van der Waals surface area (Å²) >= 11 is 6.08. The summed E-state index contributed by atoms with van der Waals surface area (Å²) in [4.78, 5) is 71.0. The molecule has 252 valence electrons. The molecule has 6 atom stereocenters. The Bertz CT molecular complexity index is 2010. The summed E-state index contributed by atoms with van der Waals surface area (Å²) in [5, 5.41) is 19.8. The number of carboxylic acid groups (broad SMARTS) is 1. The number of carbonyl (C=O) groups excluding carboxylic acids is 4. The lowest BCUT2D eigenvalue weighted by Gasteiger charge is -2.49. The van der Waals surface area contributed by atoms with Crippen LogP contribution in [0.2, 0.25) is 5.02 Å². The number of hydrogen-bond acceptors (Lipinski definition) is 8. The van der Waals surface area contributed by atoms with Gasteiger partial charge in [-0.3, -0.25) is 24.1 Å². The molecule has 0 aromatic heterocycles. The number of ether oxygens (including phenoxy) is 2. The highest BCUT2D eigenvalue weighted by Crippen LogP contribution is 2.65. The van der Waals surface area contributed by atoms with E-state index in [1.54, 1.807) is 6.92 Å². The number of phenols is 1. The number of phenolic OH excluding ortho intramolecular Hbond substituents is 1. The van der Waals surface area contributed by atoms with Crippen molar-refractivity contribution in [1.29, 1.82) is 0 Å². The van der Waals surface area contributed by atoms with Crippen LogP contribution in [0.15, 0.2) is 66.2 Å². The number of carboxylic acids is 1. The number of allylic oxidation sites excluding steroid dienone is 2. The van der Waals surface area contributed by atoms with Crippen LogP contribution in [-0.4, -0.2) is 54.0 Å². The van der Waals surface area contributed by atoms with E-state index in [1.165, 1.54) is 62.8 Å². The predicted octanol–water partition coefficient (Wildman–Crippen LogP) is 5.34. The van der Waals surface area contributed by atoms with Crippen LogP contribution < -0.4 is 19.3 Å². The first-order valence-electron chi connectivity index (χ1n) is 15.5. The van der Waals surface area contributed by atoms with Gasteiger partial charge in [-0.05, 0) is 62.1 Å². The minimum Gasteiger partial charge on any atom is -0.508 e. The molecule has 2 aliphatic carbocycles. The first-order chi connectivity index (χ1) is 23.3. The van der Waals surface area contributed by atoms with Gasteiger partial charge in [0, 0.05) is 23.6 Å². The molecule has 49 heavy (non-hydrogen) atoms. The van der Waals surface area contributed by atoms with Gasteiger partial charge >= 0.3 is 5.97 Å². The number of methoxy groups -OCH3 is 2. The van der Waals surface area contributed by atoms with E-state index in [-0.39, 0.29) is 52.1 Å². The van der Waals surface area contributed by atoms with Crippen LogP contribution in [0.4, 0.5) is 15.8 Å². The highest BCUT2D eigenvalue weighted by molar-refractivity contribution is 6.32. The molecule has 11 nitrogen and oxygen atoms in total. The fourth-order valence-corrected chi connectivity index (χ4v) is 8.61. The molecular weight excluding hydrogens is 659 g/mol. The maximum absolute atomic E-state index is 14.7. The highest BCUT2D eigenvalue weighted by atomic mass is 35.5. The number of hydrogen-bond donors (Lipinski definition) is 2. The molecule has 2 aliphatic heterocycles. The molecule has 2 saturated heterocycles. The molecule has 6 unspecified atom stereocenters. The summed E-state index contributed by atoms with van der Waals surface area (Å²) in [6, 6.07) is 11.9. The van der Waals surface area contributed by atoms with E-state index in [4.69, 9.17) is 21.1 Å². The van der Waals surface area contributed by atoms with Gasteiger partial charge in [0.05, 0.1) is 59.3 Å². The number of anilines is 2. The summed E-state index contributed by atoms with van der Waals surface area (Å²) < 4.78 is 25.6. The number of fused-ring (bicyclic) bond motifs is 4. The normalized spacial score (nSPS) is 27.4. The van der Waals surface area contributed by atoms with Crippen LogP contribution in [0.1, 0.15) is 41.6 Å². The van der Waals surface area contributed by atoms with Crippen molar-refractivity contribution in [2.45, 2.75) is 25.7 Å². The SMILES string of the molecule is COc1cc(O)cc(OC)c1C1C2=CCC3C(=O)N(c4cccc(C(=O)O)c4)C(=O)C3C2CC2C(=O)N(c3ccc(F)c(Cl)c3)C(=O)C21C. The first kappa shape index (κ1) is 32.3. The topological polar surface area (TPSA) is 151 Å². The van der Waals surface area contributed by atoms with Crippen molar-refractivity contribution in [2.24, 2.45) is 29.1 Å². The number of aromatic hydroxyl groups is 1. The van der Waals surface area contributed by atoms with Crippen LogP contribution in [-0.2, 0) is 19.2 Å². The average Bonchev–Trinajstić information content (AvgIpc) is 3.45. The molecular formula is C36H30ClFN2O9. The molecule has 1 saturated carbocycles. The second-order valence-electron chi connectivity index (χ2n) is 12.9. The Morgan fingerprint density at radius 2 is 1.59 bits per heavy atom. The Balaban J connectivity index is 1.41. The Morgan fingerprint density at radius 3 is 2.22 bits per heavy atom. The van der Waals surface area contributed by atoms with Gasteiger partial charge in [-0.2, -0.15) is 0 Å². The van der Waals surface area contributed by atoms with Crippen molar-refractivity contribution in [1.82, 2.24) is 0 Å². The number of nitrogens with zero attached hydrogens (tertiary/aromatic N) is 2. The van der Waals surface area contributed by atoms with Crippen LogP contribution in [0.5, 0.6) is 17.2 Å². The van der Waals surface area contributed by atoms with Gasteiger partial charge in [0.25, 0.3) is 0 Å². The second kappa shape index (κ2) is 11.4. The van der Waals surface area contributed by atoms with Crippen molar-refractivity contribution < 1.29 is 48.0 Å². The van der Waals surface area contributed by atoms with E-state index in [9.17, 15) is 38.6 Å². The summed E-state index contributed by atoms with van der Waals surface area (Å²) in [7, 11) is 2.78. The highest BCUT2D eigenvalue weighted by Gasteiger charge is 2.68. The molecule has 3 fully saturated rings. The van der Waals surface area contributed by atoms with Gasteiger partial charge in [0.1, 0.15) is 23.1 Å². The van der Waals surface area contributed by atoms with Gasteiger partial charge in [0.15, 0.2) is 0 Å². The van der Waals surface area contributed by atoms with Gasteiger partial charge in [-0.1, -0.05) is 29.3 Å². The van der Waals surface area contributed by atoms with E-state index < -0.39 is 70.4 Å². The van der Waals surface area contributed by atoms with Crippen LogP contribution in [0.3, 0.4) is 0 Å². The predicted molar refractivity (Wildman–Crippen MR) is 173 cm³/mol. The van der Waals surface area contributed by atoms with E-state index in [2.05, 4.69) is 0 Å². The fourth-order valence-electron chi connectivity index (χ4n) is 8.44. The summed E-state index contributed by atoms with van der Waals surface area (Å²) in [5.41, 5.74) is -0.394. The van der Waals surface area contributed by atoms with Gasteiger partial charge < -0.3 is 19.7 Å². The van der Waals surface area contributed by atoms with Crippen molar-refractivity contribution in [3.8, 4) is 17.2 Å². The van der Waals surface area contributed by atoms with Crippen molar-refractivity contribution in [2.75, 3.05) is 24.0 Å². The molecule has 3 aromatic carbocycles. The number of carbonyl (C=O) groups is 5. The van der Waals surface area contributed by atoms with Crippen LogP contribution >= 0.6 is 11.6 Å². The molecule has 4 aliphatic rings. The molecule has 0 bridgehead atoms. The first-order valence-corrected chi connectivity index (χ1v) is 15.9. The zero-order valence-electron chi connectivity index (χ0n) is 26.5. The Labute approximate surface area is 284 Å². The zero-order chi connectivity index (χ0) is 35.1. The van der Waals surface area contributed by atoms with E-state index >= 15 is 0 Å². The van der Waals surface area contributed by atoms with Crippen molar-refractivity contribution in [3.63, 3.8) is 0 Å². The number of rotatable bonds is 6. The van der Waals surface area contributed by atoms with E-state index in [0.29, 0.717) is 11.1 Å². The zero-order valence-corrected chi connectivity index (χ0v) is 27.2. The maximum atomic E-state index is 14.7. The third-order valence-electron chi connectivity index (χ3n) is 10.6. The minimum atomic E-state index is -1.49. The molecule has 7 rings (SSSR count). The summed E-state index contributed by atoms with van der Waals surface area (Å²) in [6.45, 7) is 1.66. The lowest BCUT2D eigenvalue weighted by molar-refractivity contribution is -0.131. The van der Waals surface area contributed by atoms with Crippen molar-refractivity contribution >= 4 is 52.6 Å². The number of imide groups is 2. The third kappa shape index (κ3) is 4.57. The Morgan fingerprint density at radius 1 is 0.918 bits per heavy atom. The Hall–Kier alpha value is -5.23. The molecule has 0 radical (unpaired) electrons. The molecule has 0 spiro atoms. The van der Waals surface area contributed by atoms with Crippen LogP contribution in [0, 0.1) is 34.9 Å². The maximum Gasteiger partial charge on any atom is 0.335 e. The standard InChI is InChI=1S/C36H30ClFN2O9/c1-36-23(32(43)40(35(36)47)18-7-10-25(38)24(37)12-18)15-22-20(30(36)29-26(48-2)13-19(41)14-27(29)49-3)8-9-21-28(22)33(44)39(31(21)42)17-6-4-5-16(11-17)34(45)46/h4-8,10-14,21-23,28,30,41H,9,15H2,1-3H3,(H,45,46). The molecule has 3 aromatic rings. The smallest absolute Gasteiger partial charge is 0.335 e. The van der Waals surface area contributed by atoms with E-state index in [1.807, 2.05) is 6.08 Å². The van der Waals surface area contributed by atoms with Gasteiger partial charge in [0.2, 0.25) is 23.6 Å². The van der Waals surface area contributed by atoms with Gasteiger partial charge in [-0.15, -0.1) is 0 Å². The monoisotopic (exact) mass is 688 g/mol. The van der Waals surface area contributed by atoms with E-state index in [0.717, 1.165) is 15.9 Å².